The average molecular weight is 384 g/mol. The van der Waals surface area contributed by atoms with Gasteiger partial charge in [-0.3, -0.25) is 0 Å². The van der Waals surface area contributed by atoms with Crippen molar-refractivity contribution in [3.63, 3.8) is 0 Å². The van der Waals surface area contributed by atoms with E-state index in [4.69, 9.17) is 4.74 Å². The Morgan fingerprint density at radius 2 is 2.00 bits per heavy atom. The Balaban J connectivity index is 1.93. The van der Waals surface area contributed by atoms with Gasteiger partial charge in [-0.25, -0.2) is 13.4 Å². The van der Waals surface area contributed by atoms with Gasteiger partial charge >= 0.3 is 0 Å². The number of thioether (sulfide) groups is 1. The molecular weight excluding hydrogens is 358 g/mol. The molecule has 1 saturated heterocycles. The maximum Gasteiger partial charge on any atom is 0.243 e. The molecule has 25 heavy (non-hydrogen) atoms. The third kappa shape index (κ3) is 3.86. The van der Waals surface area contributed by atoms with Crippen LogP contribution >= 0.6 is 11.8 Å². The molecule has 6 nitrogen and oxygen atoms in total. The van der Waals surface area contributed by atoms with Crippen LogP contribution < -0.4 is 0 Å². The molecule has 2 heterocycles. The summed E-state index contributed by atoms with van der Waals surface area (Å²) in [5, 5.41) is 0.905. The van der Waals surface area contributed by atoms with E-state index in [1.807, 2.05) is 6.07 Å². The Labute approximate surface area is 153 Å². The summed E-state index contributed by atoms with van der Waals surface area (Å²) in [6.07, 6.45) is 2.98. The molecule has 0 saturated carbocycles. The summed E-state index contributed by atoms with van der Waals surface area (Å²) < 4.78 is 34.6. The number of piperidine rings is 1. The van der Waals surface area contributed by atoms with Crippen molar-refractivity contribution in [1.29, 1.82) is 0 Å². The second kappa shape index (κ2) is 8.07. The van der Waals surface area contributed by atoms with Crippen molar-refractivity contribution in [1.82, 2.24) is 13.9 Å². The number of hydrogen-bond acceptors (Lipinski definition) is 5. The Morgan fingerprint density at radius 1 is 1.24 bits per heavy atom. The summed E-state index contributed by atoms with van der Waals surface area (Å²) >= 11 is 1.63. The molecule has 1 aliphatic rings. The highest BCUT2D eigenvalue weighted by Crippen LogP contribution is 2.28. The molecule has 3 rings (SSSR count). The fourth-order valence-corrected chi connectivity index (χ4v) is 5.65. The lowest BCUT2D eigenvalue weighted by Gasteiger charge is -2.25. The van der Waals surface area contributed by atoms with Crippen molar-refractivity contribution in [3.05, 3.63) is 18.2 Å². The molecule has 138 valence electrons. The minimum Gasteiger partial charge on any atom is -0.384 e. The zero-order valence-electron chi connectivity index (χ0n) is 14.8. The van der Waals surface area contributed by atoms with Crippen LogP contribution in [0.25, 0.3) is 11.0 Å². The van der Waals surface area contributed by atoms with Crippen LogP contribution in [0, 0.1) is 0 Å². The second-order valence-electron chi connectivity index (χ2n) is 6.10. The highest BCUT2D eigenvalue weighted by Gasteiger charge is 2.26. The van der Waals surface area contributed by atoms with Gasteiger partial charge in [-0.1, -0.05) is 18.2 Å². The first-order chi connectivity index (χ1) is 12.1. The van der Waals surface area contributed by atoms with Gasteiger partial charge in [0.25, 0.3) is 0 Å². The van der Waals surface area contributed by atoms with Gasteiger partial charge in [-0.2, -0.15) is 4.31 Å². The molecule has 0 unspecified atom stereocenters. The van der Waals surface area contributed by atoms with Crippen LogP contribution in [-0.4, -0.2) is 54.8 Å². The lowest BCUT2D eigenvalue weighted by Crippen LogP contribution is -2.35. The van der Waals surface area contributed by atoms with Crippen LogP contribution in [-0.2, 0) is 21.3 Å². The summed E-state index contributed by atoms with van der Waals surface area (Å²) in [4.78, 5) is 5.01. The number of rotatable bonds is 7. The van der Waals surface area contributed by atoms with E-state index < -0.39 is 10.0 Å². The number of benzene rings is 1. The average Bonchev–Trinajstić information content (AvgIpc) is 2.99. The van der Waals surface area contributed by atoms with E-state index in [1.165, 1.54) is 0 Å². The number of hydrogen-bond donors (Lipinski definition) is 0. The fourth-order valence-electron chi connectivity index (χ4n) is 3.13. The predicted octanol–water partition coefficient (Wildman–Crippen LogP) is 2.97. The van der Waals surface area contributed by atoms with E-state index in [0.717, 1.165) is 47.7 Å². The van der Waals surface area contributed by atoms with E-state index in [0.29, 0.717) is 24.6 Å². The lowest BCUT2D eigenvalue weighted by molar-refractivity contribution is 0.218. The Bertz CT molecular complexity index is 827. The third-order valence-corrected chi connectivity index (χ3v) is 7.31. The molecule has 0 radical (unpaired) electrons. The molecule has 2 aromatic rings. The fraction of sp³-hybridized carbons (Fsp3) is 0.588. The molecule has 0 N–H and O–H groups in total. The topological polar surface area (TPSA) is 64.4 Å². The first-order valence-electron chi connectivity index (χ1n) is 8.70. The van der Waals surface area contributed by atoms with Gasteiger partial charge < -0.3 is 9.30 Å². The zero-order chi connectivity index (χ0) is 17.9. The number of fused-ring (bicyclic) bond motifs is 1. The van der Waals surface area contributed by atoms with Gasteiger partial charge in [-0.05, 0) is 38.0 Å². The molecule has 0 spiro atoms. The molecular formula is C17H25N3O3S2. The van der Waals surface area contributed by atoms with Crippen LogP contribution in [0.1, 0.15) is 26.2 Å². The maximum absolute atomic E-state index is 12.9. The van der Waals surface area contributed by atoms with Gasteiger partial charge in [0, 0.05) is 32.5 Å². The van der Waals surface area contributed by atoms with E-state index >= 15 is 0 Å². The number of methoxy groups -OCH3 is 1. The third-order valence-electron chi connectivity index (χ3n) is 4.47. The number of aromatic nitrogens is 2. The van der Waals surface area contributed by atoms with Gasteiger partial charge in [0.05, 0.1) is 22.5 Å². The normalized spacial score (nSPS) is 16.6. The van der Waals surface area contributed by atoms with E-state index in [-0.39, 0.29) is 0 Å². The van der Waals surface area contributed by atoms with Crippen molar-refractivity contribution in [2.24, 2.45) is 0 Å². The van der Waals surface area contributed by atoms with Crippen LogP contribution in [0.4, 0.5) is 0 Å². The van der Waals surface area contributed by atoms with Gasteiger partial charge in [-0.15, -0.1) is 0 Å². The van der Waals surface area contributed by atoms with E-state index in [1.54, 1.807) is 35.3 Å². The quantitative estimate of drug-likeness (QED) is 0.543. The smallest absolute Gasteiger partial charge is 0.243 e. The summed E-state index contributed by atoms with van der Waals surface area (Å²) in [6, 6.07) is 5.30. The molecule has 1 aromatic carbocycles. The molecule has 1 fully saturated rings. The first-order valence-corrected chi connectivity index (χ1v) is 11.1. The maximum atomic E-state index is 12.9. The number of imidazole rings is 1. The number of sulfonamides is 1. The molecule has 1 aliphatic heterocycles. The second-order valence-corrected chi connectivity index (χ2v) is 9.10. The molecule has 0 aliphatic carbocycles. The molecule has 8 heteroatoms. The summed E-state index contributed by atoms with van der Waals surface area (Å²) in [5.74, 6) is 0.818. The highest BCUT2D eigenvalue weighted by molar-refractivity contribution is 7.99. The van der Waals surface area contributed by atoms with Gasteiger partial charge in [0.2, 0.25) is 10.0 Å². The highest BCUT2D eigenvalue weighted by atomic mass is 32.2. The van der Waals surface area contributed by atoms with Crippen molar-refractivity contribution in [3.8, 4) is 0 Å². The predicted molar refractivity (Wildman–Crippen MR) is 101 cm³/mol. The molecule has 0 atom stereocenters. The molecule has 0 bridgehead atoms. The minimum absolute atomic E-state index is 0.344. The monoisotopic (exact) mass is 383 g/mol. The first kappa shape index (κ1) is 18.7. The van der Waals surface area contributed by atoms with E-state index in [2.05, 4.69) is 16.5 Å². The van der Waals surface area contributed by atoms with Gasteiger partial charge in [0.1, 0.15) is 0 Å². The van der Waals surface area contributed by atoms with Crippen molar-refractivity contribution in [2.75, 3.05) is 32.6 Å². The minimum atomic E-state index is -3.43. The molecule has 0 amide bonds. The van der Waals surface area contributed by atoms with Crippen molar-refractivity contribution < 1.29 is 13.2 Å². The van der Waals surface area contributed by atoms with Crippen molar-refractivity contribution >= 4 is 32.8 Å². The summed E-state index contributed by atoms with van der Waals surface area (Å²) in [5.41, 5.74) is 1.71. The van der Waals surface area contributed by atoms with Crippen LogP contribution in [0.3, 0.4) is 0 Å². The Hall–Kier alpha value is -1.09. The molecule has 1 aromatic heterocycles. The number of aryl methyl sites for hydroxylation is 1. The van der Waals surface area contributed by atoms with Crippen molar-refractivity contribution in [2.45, 2.75) is 42.8 Å². The Kier molecular flexibility index (Phi) is 6.04. The number of nitrogens with zero attached hydrogens (tertiary/aromatic N) is 3. The van der Waals surface area contributed by atoms with Crippen LogP contribution in [0.15, 0.2) is 28.3 Å². The van der Waals surface area contributed by atoms with Crippen LogP contribution in [0.5, 0.6) is 0 Å². The summed E-state index contributed by atoms with van der Waals surface area (Å²) in [6.45, 7) is 4.75. The van der Waals surface area contributed by atoms with Crippen LogP contribution in [0.2, 0.25) is 0 Å². The standard InChI is InChI=1S/C17H25N3O3S2/c1-3-20-16-8-7-14(25(21,22)19-9-5-4-6-10-19)13-15(16)18-17(20)24-12-11-23-2/h7-8,13H,3-6,9-12H2,1-2H3. The Morgan fingerprint density at radius 3 is 2.68 bits per heavy atom. The summed E-state index contributed by atoms with van der Waals surface area (Å²) in [7, 11) is -1.75. The SMILES string of the molecule is CCn1c(SCCOC)nc2cc(S(=O)(=O)N3CCCCC3)ccc21. The van der Waals surface area contributed by atoms with Gasteiger partial charge in [0.15, 0.2) is 5.16 Å². The number of ether oxygens (including phenoxy) is 1. The zero-order valence-corrected chi connectivity index (χ0v) is 16.4. The largest absolute Gasteiger partial charge is 0.384 e. The lowest BCUT2D eigenvalue weighted by atomic mass is 10.2. The van der Waals surface area contributed by atoms with E-state index in [9.17, 15) is 8.42 Å².